The first-order valence-electron chi connectivity index (χ1n) is 23.4. The third kappa shape index (κ3) is 12.4. The zero-order chi connectivity index (χ0) is 54.3. The number of anilines is 1. The van der Waals surface area contributed by atoms with Crippen molar-refractivity contribution in [2.75, 3.05) is 19.0 Å². The van der Waals surface area contributed by atoms with E-state index in [2.05, 4.69) is 56.2 Å². The Hall–Kier alpha value is -6.35. The van der Waals surface area contributed by atoms with Crippen LogP contribution in [0.5, 0.6) is 11.5 Å². The number of rotatable bonds is 12. The second-order valence-corrected chi connectivity index (χ2v) is 22.1. The third-order valence-corrected chi connectivity index (χ3v) is 14.7. The topological polar surface area (TPSA) is 245 Å². The molecule has 0 bridgehead atoms. The normalized spacial score (nSPS) is 13.9. The summed E-state index contributed by atoms with van der Waals surface area (Å²) < 4.78 is 74.3. The van der Waals surface area contributed by atoms with E-state index in [1.54, 1.807) is 18.2 Å². The zero-order valence-corrected chi connectivity index (χ0v) is 49.2. The Bertz CT molecular complexity index is 3870. The minimum atomic E-state index is -5.06. The van der Waals surface area contributed by atoms with Gasteiger partial charge in [-0.15, -0.1) is 10.2 Å². The maximum absolute atomic E-state index is 12.6. The minimum absolute atomic E-state index is 0. The molecule has 9 rings (SSSR count). The van der Waals surface area contributed by atoms with Gasteiger partial charge in [0, 0.05) is 30.5 Å². The number of phenolic OH excluding ortho intramolecular Hbond substituents is 2. The molecule has 8 aromatic carbocycles. The van der Waals surface area contributed by atoms with Crippen molar-refractivity contribution in [3.63, 3.8) is 0 Å². The van der Waals surface area contributed by atoms with Gasteiger partial charge in [-0.1, -0.05) is 143 Å². The first-order valence-corrected chi connectivity index (χ1v) is 26.2. The molecule has 19 heteroatoms. The fourth-order valence-electron chi connectivity index (χ4n) is 9.62. The summed E-state index contributed by atoms with van der Waals surface area (Å²) in [4.78, 5) is 11.8. The number of benzene rings is 8. The monoisotopic (exact) mass is 1090 g/mol. The Morgan fingerprint density at radius 1 is 0.623 bits per heavy atom. The number of carboxylic acid groups (broad SMARTS) is 1. The molecule has 1 aliphatic carbocycles. The van der Waals surface area contributed by atoms with Crippen LogP contribution in [0, 0.1) is 10.8 Å². The van der Waals surface area contributed by atoms with Crippen molar-refractivity contribution in [2.24, 2.45) is 21.1 Å². The second-order valence-electron chi connectivity index (χ2n) is 19.4. The second kappa shape index (κ2) is 23.3. The molecular weight excluding hydrogens is 1040 g/mol. The van der Waals surface area contributed by atoms with Crippen molar-refractivity contribution in [3.05, 3.63) is 215 Å². The summed E-state index contributed by atoms with van der Waals surface area (Å²) in [5.41, 5.74) is 14.2. The number of hydrogen-bond acceptors (Lipinski definition) is 12. The van der Waals surface area contributed by atoms with Crippen LogP contribution < -0.4 is 68.7 Å². The molecule has 0 heterocycles. The summed E-state index contributed by atoms with van der Waals surface area (Å²) in [6.45, 7) is 8.27. The van der Waals surface area contributed by atoms with Gasteiger partial charge in [0.05, 0.1) is 49.4 Å². The van der Waals surface area contributed by atoms with Crippen molar-refractivity contribution in [1.29, 1.82) is 0 Å². The van der Waals surface area contributed by atoms with Crippen molar-refractivity contribution in [3.8, 4) is 11.5 Å². The van der Waals surface area contributed by atoms with Crippen LogP contribution in [0.4, 0.5) is 28.4 Å². The van der Waals surface area contributed by atoms with E-state index < -0.39 is 52.2 Å². The van der Waals surface area contributed by atoms with Crippen LogP contribution in [0.25, 0.3) is 27.1 Å². The van der Waals surface area contributed by atoms with Gasteiger partial charge in [-0.3, -0.25) is 0 Å². The molecular formula is C58H51N5Na2O10S2. The summed E-state index contributed by atoms with van der Waals surface area (Å²) in [6.07, 6.45) is 6.41. The number of carbonyl (C=O) groups is 1. The van der Waals surface area contributed by atoms with Crippen LogP contribution in [0.15, 0.2) is 208 Å². The van der Waals surface area contributed by atoms with Crippen LogP contribution in [-0.4, -0.2) is 61.3 Å². The predicted molar refractivity (Wildman–Crippen MR) is 288 cm³/mol. The van der Waals surface area contributed by atoms with Gasteiger partial charge in [0.15, 0.2) is 0 Å². The maximum Gasteiger partial charge on any atom is 1.00 e. The van der Waals surface area contributed by atoms with Gasteiger partial charge >= 0.3 is 65.1 Å². The average Bonchev–Trinajstić information content (AvgIpc) is 3.52. The number of para-hydroxylation sites is 1. The number of hydrogen-bond donors (Lipinski definition) is 3. The van der Waals surface area contributed by atoms with Crippen LogP contribution in [0.2, 0.25) is 0 Å². The van der Waals surface area contributed by atoms with E-state index in [9.17, 15) is 46.5 Å². The Morgan fingerprint density at radius 2 is 1.13 bits per heavy atom. The third-order valence-electron chi connectivity index (χ3n) is 13.1. The first-order chi connectivity index (χ1) is 35.3. The van der Waals surface area contributed by atoms with E-state index in [1.165, 1.54) is 30.3 Å². The molecule has 0 aliphatic heterocycles. The van der Waals surface area contributed by atoms with E-state index in [1.807, 2.05) is 104 Å². The number of phenols is 2. The summed E-state index contributed by atoms with van der Waals surface area (Å²) >= 11 is 0. The molecule has 77 heavy (non-hydrogen) atoms. The summed E-state index contributed by atoms with van der Waals surface area (Å²) in [7, 11) is -6.17. The quantitative estimate of drug-likeness (QED) is 0.0286. The fourth-order valence-corrected chi connectivity index (χ4v) is 10.6. The van der Waals surface area contributed by atoms with Gasteiger partial charge in [-0.2, -0.15) is 0 Å². The molecule has 0 radical (unpaired) electrons. The number of aromatic carboxylic acids is 1. The molecule has 1 aliphatic rings. The first kappa shape index (κ1) is 59.9. The van der Waals surface area contributed by atoms with Gasteiger partial charge in [-0.25, -0.2) is 26.3 Å². The molecule has 0 atom stereocenters. The van der Waals surface area contributed by atoms with Crippen LogP contribution in [-0.2, 0) is 25.7 Å². The molecule has 0 fully saturated rings. The largest absolute Gasteiger partial charge is 1.00 e. The number of azo groups is 1. The molecule has 0 aromatic heterocycles. The number of allylic oxidation sites excluding steroid dienone is 4. The number of aromatic hydroxyl groups is 2. The molecule has 8 aromatic rings. The van der Waals surface area contributed by atoms with Crippen molar-refractivity contribution in [2.45, 2.75) is 42.9 Å². The maximum atomic E-state index is 12.6. The molecule has 3 N–H and O–H groups in total. The number of fused-ring (bicyclic) bond motifs is 2. The molecule has 0 spiro atoms. The van der Waals surface area contributed by atoms with Crippen molar-refractivity contribution >= 4 is 76.2 Å². The Kier molecular flexibility index (Phi) is 18.1. The van der Waals surface area contributed by atoms with Gasteiger partial charge < -0.3 is 34.9 Å². The molecule has 0 unspecified atom stereocenters. The van der Waals surface area contributed by atoms with Gasteiger partial charge in [0.2, 0.25) is 11.4 Å². The fraction of sp³-hybridized carbons (Fsp3) is 0.155. The van der Waals surface area contributed by atoms with Gasteiger partial charge in [0.25, 0.3) is 0 Å². The summed E-state index contributed by atoms with van der Waals surface area (Å²) in [5, 5.41) is 41.2. The summed E-state index contributed by atoms with van der Waals surface area (Å²) in [5.74, 6) is -1.66. The van der Waals surface area contributed by atoms with E-state index in [4.69, 9.17) is 5.11 Å². The Morgan fingerprint density at radius 3 is 1.70 bits per heavy atom. The summed E-state index contributed by atoms with van der Waals surface area (Å²) in [6, 6.07) is 43.9. The molecule has 382 valence electrons. The average molecular weight is 1090 g/mol. The predicted octanol–water partition coefficient (Wildman–Crippen LogP) is 6.83. The van der Waals surface area contributed by atoms with Crippen LogP contribution >= 0.6 is 0 Å². The number of carboxylic acids is 1. The van der Waals surface area contributed by atoms with Crippen LogP contribution in [0.1, 0.15) is 54.7 Å². The SMILES string of the molecule is CC1(C)C=CC(C)(C)C(C(c2ccccc2)(c2ccccc2)c2c(O)cc([N+](=[N-])c3cc(O)cc4ccc(S(=O)(=O)[O-])cc34)c3cc(S(=O)(=O)[O-])ccc23)=C1.CN(C)c1ccccc1N=Nc1ccccc1C(=O)O.[Na+].[Na+]. The Balaban J connectivity index is 0.000000368. The van der Waals surface area contributed by atoms with Gasteiger partial charge in [-0.05, 0) is 82.1 Å². The van der Waals surface area contributed by atoms with Crippen LogP contribution in [0.3, 0.4) is 0 Å². The van der Waals surface area contributed by atoms with Crippen molar-refractivity contribution in [1.82, 2.24) is 4.70 Å². The standard InChI is InChI=1S/C43H38N2O8S2.C15H15N3O2.2Na/c1-41(2)19-20-42(3,4)39(26-41)43(28-11-7-5-8-12-28,29-13-9-6-10-14-29)40-33-18-17-32(55(51,52)53)24-35(33)37(25-38(40)47)45(44)36-22-30(46)21-27-15-16-31(23-34(27)36)54(48,49)50;1-18(2)14-10-6-5-9-13(14)17-16-12-8-4-3-7-11(12)15(19)20;;/h5-26,46-47H,1-4H3,(H,48,49,50)(H,51,52,53);3-10H,1-2H3,(H,19,20);;/q;;2*+1/p-2. The number of nitrogens with zero attached hydrogens (tertiary/aromatic N) is 5. The van der Waals surface area contributed by atoms with E-state index in [0.29, 0.717) is 21.6 Å². The smallest absolute Gasteiger partial charge is 0.744 e. The Labute approximate surface area is 491 Å². The van der Waals surface area contributed by atoms with Crippen molar-refractivity contribution < 1.29 is 105 Å². The minimum Gasteiger partial charge on any atom is -0.744 e. The van der Waals surface area contributed by atoms with E-state index in [-0.39, 0.29) is 109 Å². The molecule has 15 nitrogen and oxygen atoms in total. The molecule has 0 saturated carbocycles. The molecule has 0 saturated heterocycles. The van der Waals surface area contributed by atoms with E-state index >= 15 is 0 Å². The zero-order valence-electron chi connectivity index (χ0n) is 43.6. The van der Waals surface area contributed by atoms with Gasteiger partial charge in [0.1, 0.15) is 43.1 Å². The van der Waals surface area contributed by atoms with E-state index in [0.717, 1.165) is 52.7 Å². The molecule has 0 amide bonds.